The van der Waals surface area contributed by atoms with Crippen LogP contribution in [-0.4, -0.2) is 35.5 Å². The predicted octanol–water partition coefficient (Wildman–Crippen LogP) is 6.78. The molecule has 4 nitrogen and oxygen atoms in total. The minimum atomic E-state index is -0.625. The van der Waals surface area contributed by atoms with Crippen LogP contribution in [0.25, 0.3) is 0 Å². The van der Waals surface area contributed by atoms with E-state index < -0.39 is 6.10 Å². The van der Waals surface area contributed by atoms with Gasteiger partial charge in [-0.3, -0.25) is 4.79 Å². The van der Waals surface area contributed by atoms with E-state index in [-0.39, 0.29) is 29.8 Å². The number of allylic oxidation sites excluding steroid dienone is 4. The number of hydrogen-bond donors (Lipinski definition) is 1. The fraction of sp³-hybridized carbons (Fsp3) is 0.759. The Kier molecular flexibility index (Phi) is 10.9. The predicted molar refractivity (Wildman–Crippen MR) is 136 cm³/mol. The standard InChI is InChI=1S/C29H48O4/c1-8-17-29(6,7)28-25(32-28)18-21(3)12-10-14-23(5)27-22(4)13-9-11-20(2)15-16-24(30)19-26(31)33-27/h9-10,12-14,20-22,24-25,27-28,30H,8,11,15-19H2,1-7H3/b12-10+,13-9+,23-14+/t20?,21?,22?,24?,25?,27-,28?/m0/s1. The van der Waals surface area contributed by atoms with Crippen molar-refractivity contribution >= 4 is 5.97 Å². The second-order valence-corrected chi connectivity index (χ2v) is 11.3. The lowest BCUT2D eigenvalue weighted by molar-refractivity contribution is -0.151. The first kappa shape index (κ1) is 27.9. The molecule has 0 saturated carbocycles. The Morgan fingerprint density at radius 1 is 1.30 bits per heavy atom. The normalized spacial score (nSPS) is 34.3. The molecule has 1 saturated heterocycles. The number of rotatable bonds is 8. The lowest BCUT2D eigenvalue weighted by Gasteiger charge is -2.25. The number of carbonyl (C=O) groups excluding carboxylic acids is 1. The summed E-state index contributed by atoms with van der Waals surface area (Å²) in [5, 5.41) is 10.2. The Hall–Kier alpha value is -1.39. The summed E-state index contributed by atoms with van der Waals surface area (Å²) in [4.78, 5) is 12.5. The van der Waals surface area contributed by atoms with Crippen LogP contribution in [0.4, 0.5) is 0 Å². The van der Waals surface area contributed by atoms with Gasteiger partial charge in [0.25, 0.3) is 0 Å². The van der Waals surface area contributed by atoms with Crippen molar-refractivity contribution in [2.24, 2.45) is 23.2 Å². The average molecular weight is 461 g/mol. The van der Waals surface area contributed by atoms with Crippen molar-refractivity contribution < 1.29 is 19.4 Å². The Morgan fingerprint density at radius 3 is 2.73 bits per heavy atom. The van der Waals surface area contributed by atoms with E-state index in [4.69, 9.17) is 9.47 Å². The van der Waals surface area contributed by atoms with E-state index in [0.29, 0.717) is 30.5 Å². The number of aliphatic hydroxyl groups excluding tert-OH is 1. The van der Waals surface area contributed by atoms with Crippen LogP contribution in [0.1, 0.15) is 93.4 Å². The van der Waals surface area contributed by atoms with Gasteiger partial charge in [0.05, 0.1) is 24.7 Å². The Morgan fingerprint density at radius 2 is 2.03 bits per heavy atom. The number of esters is 1. The molecule has 6 unspecified atom stereocenters. The van der Waals surface area contributed by atoms with Gasteiger partial charge in [0, 0.05) is 5.92 Å². The minimum Gasteiger partial charge on any atom is -0.457 e. The quantitative estimate of drug-likeness (QED) is 0.188. The van der Waals surface area contributed by atoms with Crippen molar-refractivity contribution in [2.45, 2.75) is 118 Å². The lowest BCUT2D eigenvalue weighted by atomic mass is 9.82. The highest BCUT2D eigenvalue weighted by Gasteiger charge is 2.48. The summed E-state index contributed by atoms with van der Waals surface area (Å²) in [5.41, 5.74) is 1.28. The maximum atomic E-state index is 12.5. The summed E-state index contributed by atoms with van der Waals surface area (Å²) in [5.74, 6) is 0.689. The molecule has 0 aliphatic carbocycles. The molecule has 0 aromatic carbocycles. The number of aliphatic hydroxyl groups is 1. The summed E-state index contributed by atoms with van der Waals surface area (Å²) in [7, 11) is 0. The van der Waals surface area contributed by atoms with Crippen molar-refractivity contribution in [3.63, 3.8) is 0 Å². The van der Waals surface area contributed by atoms with Gasteiger partial charge in [-0.2, -0.15) is 0 Å². The molecule has 2 rings (SSSR count). The molecule has 0 aromatic heterocycles. The summed E-state index contributed by atoms with van der Waals surface area (Å²) >= 11 is 0. The first-order valence-electron chi connectivity index (χ1n) is 13.1. The molecule has 4 heteroatoms. The monoisotopic (exact) mass is 460 g/mol. The Balaban J connectivity index is 1.98. The third-order valence-electron chi connectivity index (χ3n) is 7.21. The molecule has 0 aromatic rings. The van der Waals surface area contributed by atoms with E-state index in [1.54, 1.807) is 0 Å². The third kappa shape index (κ3) is 9.41. The lowest BCUT2D eigenvalue weighted by Crippen LogP contribution is -2.28. The van der Waals surface area contributed by atoms with Gasteiger partial charge in [0.15, 0.2) is 0 Å². The Bertz CT molecular complexity index is 704. The molecule has 33 heavy (non-hydrogen) atoms. The fourth-order valence-corrected chi connectivity index (χ4v) is 5.05. The van der Waals surface area contributed by atoms with Crippen LogP contribution in [0.5, 0.6) is 0 Å². The zero-order valence-electron chi connectivity index (χ0n) is 22.0. The Labute approximate surface area is 202 Å². The first-order chi connectivity index (χ1) is 15.5. The van der Waals surface area contributed by atoms with E-state index in [1.165, 1.54) is 12.8 Å². The van der Waals surface area contributed by atoms with Gasteiger partial charge in [-0.05, 0) is 61.9 Å². The SMILES string of the molecule is CCCC(C)(C)C1OC1CC(C)/C=C/C=C(\C)[C@H]1OC(=O)CC(O)CCC(C)C/C=C/C1C. The summed E-state index contributed by atoms with van der Waals surface area (Å²) in [6.07, 6.45) is 16.6. The molecule has 0 amide bonds. The summed E-state index contributed by atoms with van der Waals surface area (Å²) in [6.45, 7) is 15.4. The van der Waals surface area contributed by atoms with Crippen LogP contribution in [0.2, 0.25) is 0 Å². The van der Waals surface area contributed by atoms with Gasteiger partial charge < -0.3 is 14.6 Å². The molecule has 188 valence electrons. The molecular weight excluding hydrogens is 412 g/mol. The molecule has 0 radical (unpaired) electrons. The highest BCUT2D eigenvalue weighted by Crippen LogP contribution is 2.44. The molecule has 0 bridgehead atoms. The van der Waals surface area contributed by atoms with Crippen molar-refractivity contribution in [3.05, 3.63) is 36.0 Å². The minimum absolute atomic E-state index is 0.0662. The maximum absolute atomic E-state index is 12.5. The summed E-state index contributed by atoms with van der Waals surface area (Å²) in [6, 6.07) is 0. The van der Waals surface area contributed by atoms with Crippen LogP contribution in [0.3, 0.4) is 0 Å². The fourth-order valence-electron chi connectivity index (χ4n) is 5.05. The van der Waals surface area contributed by atoms with E-state index in [1.807, 2.05) is 6.92 Å². The number of cyclic esters (lactones) is 1. The molecule has 2 aliphatic rings. The molecule has 2 aliphatic heterocycles. The van der Waals surface area contributed by atoms with Gasteiger partial charge in [-0.15, -0.1) is 0 Å². The molecule has 2 heterocycles. The van der Waals surface area contributed by atoms with Gasteiger partial charge >= 0.3 is 5.97 Å². The van der Waals surface area contributed by atoms with Crippen LogP contribution in [0, 0.1) is 23.2 Å². The second kappa shape index (κ2) is 12.9. The summed E-state index contributed by atoms with van der Waals surface area (Å²) < 4.78 is 11.8. The van der Waals surface area contributed by atoms with Crippen molar-refractivity contribution in [1.82, 2.24) is 0 Å². The van der Waals surface area contributed by atoms with Gasteiger partial charge in [-0.1, -0.05) is 78.3 Å². The zero-order chi connectivity index (χ0) is 24.6. The maximum Gasteiger partial charge on any atom is 0.309 e. The van der Waals surface area contributed by atoms with Crippen molar-refractivity contribution in [3.8, 4) is 0 Å². The average Bonchev–Trinajstić information content (AvgIpc) is 3.49. The number of carbonyl (C=O) groups is 1. The molecule has 0 spiro atoms. The highest BCUT2D eigenvalue weighted by atomic mass is 16.6. The second-order valence-electron chi connectivity index (χ2n) is 11.3. The van der Waals surface area contributed by atoms with Gasteiger partial charge in [-0.25, -0.2) is 0 Å². The van der Waals surface area contributed by atoms with Crippen LogP contribution in [-0.2, 0) is 14.3 Å². The highest BCUT2D eigenvalue weighted by molar-refractivity contribution is 5.70. The van der Waals surface area contributed by atoms with Crippen LogP contribution >= 0.6 is 0 Å². The number of epoxide rings is 1. The zero-order valence-corrected chi connectivity index (χ0v) is 22.0. The molecular formula is C29H48O4. The molecule has 1 N–H and O–H groups in total. The van der Waals surface area contributed by atoms with Crippen molar-refractivity contribution in [2.75, 3.05) is 0 Å². The van der Waals surface area contributed by atoms with E-state index in [0.717, 1.165) is 24.8 Å². The third-order valence-corrected chi connectivity index (χ3v) is 7.21. The van der Waals surface area contributed by atoms with E-state index in [2.05, 4.69) is 71.9 Å². The van der Waals surface area contributed by atoms with Gasteiger partial charge in [0.1, 0.15) is 6.10 Å². The smallest absolute Gasteiger partial charge is 0.309 e. The first-order valence-corrected chi connectivity index (χ1v) is 13.1. The number of ether oxygens (including phenoxy) is 2. The van der Waals surface area contributed by atoms with E-state index in [9.17, 15) is 9.90 Å². The van der Waals surface area contributed by atoms with Crippen molar-refractivity contribution in [1.29, 1.82) is 0 Å². The van der Waals surface area contributed by atoms with E-state index >= 15 is 0 Å². The van der Waals surface area contributed by atoms with Gasteiger partial charge in [0.2, 0.25) is 0 Å². The van der Waals surface area contributed by atoms with Crippen LogP contribution in [0.15, 0.2) is 36.0 Å². The largest absolute Gasteiger partial charge is 0.457 e. The molecule has 7 atom stereocenters. The van der Waals surface area contributed by atoms with Crippen LogP contribution < -0.4 is 0 Å². The molecule has 1 fully saturated rings. The topological polar surface area (TPSA) is 59.1 Å². The number of hydrogen-bond acceptors (Lipinski definition) is 4.